The van der Waals surface area contributed by atoms with Crippen LogP contribution in [0.5, 0.6) is 0 Å². The molecular formula is C15H19NO2. The van der Waals surface area contributed by atoms with Gasteiger partial charge in [0.2, 0.25) is 0 Å². The highest BCUT2D eigenvalue weighted by atomic mass is 16.5. The minimum Gasteiger partial charge on any atom is -0.375 e. The van der Waals surface area contributed by atoms with Crippen molar-refractivity contribution < 1.29 is 9.53 Å². The number of ether oxygens (including phenoxy) is 1. The highest BCUT2D eigenvalue weighted by Gasteiger charge is 2.38. The maximum absolute atomic E-state index is 12.4. The van der Waals surface area contributed by atoms with E-state index in [-0.39, 0.29) is 5.91 Å². The van der Waals surface area contributed by atoms with Crippen molar-refractivity contribution >= 4 is 5.91 Å². The van der Waals surface area contributed by atoms with Crippen LogP contribution in [0.3, 0.4) is 0 Å². The van der Waals surface area contributed by atoms with Gasteiger partial charge in [0.1, 0.15) is 0 Å². The van der Waals surface area contributed by atoms with Gasteiger partial charge in [0.15, 0.2) is 0 Å². The van der Waals surface area contributed by atoms with Crippen molar-refractivity contribution in [2.45, 2.75) is 32.0 Å². The van der Waals surface area contributed by atoms with E-state index in [9.17, 15) is 4.79 Å². The van der Waals surface area contributed by atoms with Crippen LogP contribution in [0.1, 0.15) is 30.1 Å². The van der Waals surface area contributed by atoms with E-state index in [4.69, 9.17) is 4.74 Å². The third-order valence-electron chi connectivity index (χ3n) is 4.01. The summed E-state index contributed by atoms with van der Waals surface area (Å²) in [6.45, 7) is 3.80. The second-order valence-corrected chi connectivity index (χ2v) is 5.39. The Morgan fingerprint density at radius 3 is 2.89 bits per heavy atom. The van der Waals surface area contributed by atoms with Crippen molar-refractivity contribution in [2.75, 3.05) is 13.1 Å². The maximum atomic E-state index is 12.4. The maximum Gasteiger partial charge on any atom is 0.253 e. The largest absolute Gasteiger partial charge is 0.375 e. The summed E-state index contributed by atoms with van der Waals surface area (Å²) >= 11 is 0. The van der Waals surface area contributed by atoms with Gasteiger partial charge >= 0.3 is 0 Å². The van der Waals surface area contributed by atoms with Crippen molar-refractivity contribution in [2.24, 2.45) is 5.92 Å². The Labute approximate surface area is 108 Å². The standard InChI is InChI=1S/C15H19NO2/c1-11-9-13-10-16(8-7-14(13)18-11)15(17)12-5-3-2-4-6-12/h2-6,11,13-14H,7-10H2,1H3/t11-,13-,14+/m0/s1. The van der Waals surface area contributed by atoms with Crippen LogP contribution in [0.25, 0.3) is 0 Å². The monoisotopic (exact) mass is 245 g/mol. The minimum absolute atomic E-state index is 0.161. The van der Waals surface area contributed by atoms with Gasteiger partial charge in [0, 0.05) is 24.6 Å². The van der Waals surface area contributed by atoms with Gasteiger partial charge in [0.05, 0.1) is 12.2 Å². The van der Waals surface area contributed by atoms with Gasteiger partial charge in [-0.05, 0) is 31.9 Å². The SMILES string of the molecule is C[C@H]1C[C@H]2CN(C(=O)c3ccccc3)CC[C@H]2O1. The number of fused-ring (bicyclic) bond motifs is 1. The van der Waals surface area contributed by atoms with Crippen LogP contribution in [0.15, 0.2) is 30.3 Å². The molecule has 0 radical (unpaired) electrons. The van der Waals surface area contributed by atoms with Gasteiger partial charge in [-0.15, -0.1) is 0 Å². The topological polar surface area (TPSA) is 29.5 Å². The van der Waals surface area contributed by atoms with Gasteiger partial charge in [-0.25, -0.2) is 0 Å². The summed E-state index contributed by atoms with van der Waals surface area (Å²) in [5.41, 5.74) is 0.794. The van der Waals surface area contributed by atoms with E-state index in [1.807, 2.05) is 35.2 Å². The molecule has 2 saturated heterocycles. The molecular weight excluding hydrogens is 226 g/mol. The molecule has 0 spiro atoms. The number of carbonyl (C=O) groups excluding carboxylic acids is 1. The lowest BCUT2D eigenvalue weighted by Crippen LogP contribution is -2.44. The van der Waals surface area contributed by atoms with Gasteiger partial charge in [-0.2, -0.15) is 0 Å². The Morgan fingerprint density at radius 2 is 2.11 bits per heavy atom. The molecule has 3 rings (SSSR count). The smallest absolute Gasteiger partial charge is 0.253 e. The molecule has 3 nitrogen and oxygen atoms in total. The van der Waals surface area contributed by atoms with E-state index in [1.54, 1.807) is 0 Å². The van der Waals surface area contributed by atoms with Crippen LogP contribution in [0.2, 0.25) is 0 Å². The van der Waals surface area contributed by atoms with Crippen LogP contribution < -0.4 is 0 Å². The number of nitrogens with zero attached hydrogens (tertiary/aromatic N) is 1. The highest BCUT2D eigenvalue weighted by molar-refractivity contribution is 5.94. The lowest BCUT2D eigenvalue weighted by molar-refractivity contribution is 0.00865. The molecule has 3 heteroatoms. The molecule has 0 bridgehead atoms. The number of hydrogen-bond acceptors (Lipinski definition) is 2. The van der Waals surface area contributed by atoms with Crippen LogP contribution >= 0.6 is 0 Å². The average molecular weight is 245 g/mol. The fraction of sp³-hybridized carbons (Fsp3) is 0.533. The van der Waals surface area contributed by atoms with Gasteiger partial charge in [0.25, 0.3) is 5.91 Å². The molecule has 1 aromatic carbocycles. The van der Waals surface area contributed by atoms with E-state index in [1.165, 1.54) is 0 Å². The number of hydrogen-bond donors (Lipinski definition) is 0. The van der Waals surface area contributed by atoms with E-state index in [2.05, 4.69) is 6.92 Å². The minimum atomic E-state index is 0.161. The zero-order chi connectivity index (χ0) is 12.5. The Kier molecular flexibility index (Phi) is 3.08. The predicted octanol–water partition coefficient (Wildman–Crippen LogP) is 2.33. The number of amides is 1. The van der Waals surface area contributed by atoms with E-state index in [0.29, 0.717) is 18.1 Å². The van der Waals surface area contributed by atoms with Crippen LogP contribution in [-0.4, -0.2) is 36.1 Å². The number of benzene rings is 1. The number of likely N-dealkylation sites (tertiary alicyclic amines) is 1. The fourth-order valence-electron chi connectivity index (χ4n) is 3.14. The molecule has 0 aliphatic carbocycles. The van der Waals surface area contributed by atoms with Crippen molar-refractivity contribution in [3.8, 4) is 0 Å². The third kappa shape index (κ3) is 2.15. The van der Waals surface area contributed by atoms with Crippen molar-refractivity contribution in [3.05, 3.63) is 35.9 Å². The molecule has 18 heavy (non-hydrogen) atoms. The summed E-state index contributed by atoms with van der Waals surface area (Å²) in [6.07, 6.45) is 2.79. The number of piperidine rings is 1. The first-order valence-corrected chi connectivity index (χ1v) is 6.74. The summed E-state index contributed by atoms with van der Waals surface area (Å²) < 4.78 is 5.86. The number of rotatable bonds is 1. The summed E-state index contributed by atoms with van der Waals surface area (Å²) in [7, 11) is 0. The molecule has 0 aromatic heterocycles. The van der Waals surface area contributed by atoms with Gasteiger partial charge in [-0.3, -0.25) is 4.79 Å². The summed E-state index contributed by atoms with van der Waals surface area (Å²) in [5.74, 6) is 0.690. The first kappa shape index (κ1) is 11.7. The first-order chi connectivity index (χ1) is 8.74. The predicted molar refractivity (Wildman–Crippen MR) is 69.4 cm³/mol. The lowest BCUT2D eigenvalue weighted by Gasteiger charge is -2.34. The zero-order valence-electron chi connectivity index (χ0n) is 10.7. The summed E-state index contributed by atoms with van der Waals surface area (Å²) in [6, 6.07) is 9.56. The van der Waals surface area contributed by atoms with Gasteiger partial charge in [-0.1, -0.05) is 18.2 Å². The van der Waals surface area contributed by atoms with Crippen LogP contribution in [-0.2, 0) is 4.74 Å². The van der Waals surface area contributed by atoms with Crippen LogP contribution in [0.4, 0.5) is 0 Å². The second-order valence-electron chi connectivity index (χ2n) is 5.39. The summed E-state index contributed by atoms with van der Waals surface area (Å²) in [5, 5.41) is 0. The molecule has 1 amide bonds. The van der Waals surface area contributed by atoms with E-state index in [0.717, 1.165) is 31.5 Å². The van der Waals surface area contributed by atoms with Gasteiger partial charge < -0.3 is 9.64 Å². The Hall–Kier alpha value is -1.35. The average Bonchev–Trinajstić information content (AvgIpc) is 2.78. The molecule has 2 fully saturated rings. The number of carbonyl (C=O) groups is 1. The molecule has 96 valence electrons. The van der Waals surface area contributed by atoms with Crippen LogP contribution in [0, 0.1) is 5.92 Å². The lowest BCUT2D eigenvalue weighted by atomic mass is 9.92. The molecule has 2 aliphatic rings. The van der Waals surface area contributed by atoms with Crippen molar-refractivity contribution in [3.63, 3.8) is 0 Å². The quantitative estimate of drug-likeness (QED) is 0.760. The molecule has 0 N–H and O–H groups in total. The molecule has 3 atom stereocenters. The molecule has 2 aliphatic heterocycles. The van der Waals surface area contributed by atoms with E-state index >= 15 is 0 Å². The normalized spacial score (nSPS) is 31.2. The fourth-order valence-corrected chi connectivity index (χ4v) is 3.14. The second kappa shape index (κ2) is 4.73. The van der Waals surface area contributed by atoms with E-state index < -0.39 is 0 Å². The molecule has 1 aromatic rings. The third-order valence-corrected chi connectivity index (χ3v) is 4.01. The zero-order valence-corrected chi connectivity index (χ0v) is 10.7. The molecule has 0 unspecified atom stereocenters. The molecule has 2 heterocycles. The molecule has 0 saturated carbocycles. The Morgan fingerprint density at radius 1 is 1.33 bits per heavy atom. The summed E-state index contributed by atoms with van der Waals surface area (Å²) in [4.78, 5) is 14.3. The Balaban J connectivity index is 1.70. The Bertz CT molecular complexity index is 431. The highest BCUT2D eigenvalue weighted by Crippen LogP contribution is 2.32. The van der Waals surface area contributed by atoms with Crippen molar-refractivity contribution in [1.82, 2.24) is 4.90 Å². The first-order valence-electron chi connectivity index (χ1n) is 6.74. The van der Waals surface area contributed by atoms with Crippen molar-refractivity contribution in [1.29, 1.82) is 0 Å².